The van der Waals surface area contributed by atoms with E-state index in [1.165, 1.54) is 19.3 Å². The molecule has 0 aromatic carbocycles. The first-order valence-electron chi connectivity index (χ1n) is 7.78. The Labute approximate surface area is 122 Å². The Balaban J connectivity index is 1.60. The fraction of sp³-hybridized carbons (Fsp3) is 1.00. The normalized spacial score (nSPS) is 29.1. The fourth-order valence-corrected chi connectivity index (χ4v) is 4.70. The molecule has 0 amide bonds. The Morgan fingerprint density at radius 1 is 1.15 bits per heavy atom. The molecular weight excluding hydrogens is 278 g/mol. The number of sulfone groups is 1. The minimum Gasteiger partial charge on any atom is -0.389 e. The molecule has 1 aliphatic heterocycles. The van der Waals surface area contributed by atoms with E-state index in [-0.39, 0.29) is 11.8 Å². The van der Waals surface area contributed by atoms with Crippen molar-refractivity contribution in [3.05, 3.63) is 0 Å². The highest BCUT2D eigenvalue weighted by Gasteiger charge is 2.25. The number of hydrogen-bond donors (Lipinski definition) is 2. The van der Waals surface area contributed by atoms with Crippen LogP contribution in [0.2, 0.25) is 0 Å². The van der Waals surface area contributed by atoms with Gasteiger partial charge < -0.3 is 15.2 Å². The van der Waals surface area contributed by atoms with Gasteiger partial charge in [0.15, 0.2) is 9.84 Å². The predicted molar refractivity (Wildman–Crippen MR) is 78.5 cm³/mol. The summed E-state index contributed by atoms with van der Waals surface area (Å²) in [6.07, 6.45) is 7.26. The number of rotatable bonds is 6. The first kappa shape index (κ1) is 16.2. The molecule has 2 rings (SSSR count). The van der Waals surface area contributed by atoms with Crippen LogP contribution in [-0.2, 0) is 14.6 Å². The second-order valence-corrected chi connectivity index (χ2v) is 8.34. The Kier molecular flexibility index (Phi) is 6.26. The zero-order valence-electron chi connectivity index (χ0n) is 12.1. The smallest absolute Gasteiger partial charge is 0.151 e. The Bertz CT molecular complexity index is 379. The van der Waals surface area contributed by atoms with Crippen LogP contribution in [0.15, 0.2) is 0 Å². The molecule has 1 saturated carbocycles. The highest BCUT2D eigenvalue weighted by molar-refractivity contribution is 7.91. The molecule has 2 unspecified atom stereocenters. The van der Waals surface area contributed by atoms with Crippen LogP contribution < -0.4 is 5.32 Å². The van der Waals surface area contributed by atoms with Crippen LogP contribution in [-0.4, -0.2) is 56.4 Å². The highest BCUT2D eigenvalue weighted by atomic mass is 32.2. The summed E-state index contributed by atoms with van der Waals surface area (Å²) in [6, 6.07) is -0.0157. The molecule has 1 heterocycles. The van der Waals surface area contributed by atoms with Crippen molar-refractivity contribution in [1.29, 1.82) is 0 Å². The molecule has 0 bridgehead atoms. The van der Waals surface area contributed by atoms with Crippen LogP contribution in [0.4, 0.5) is 0 Å². The minimum absolute atomic E-state index is 0.0157. The van der Waals surface area contributed by atoms with Gasteiger partial charge in [0.1, 0.15) is 0 Å². The maximum absolute atomic E-state index is 11.5. The van der Waals surface area contributed by atoms with Crippen molar-refractivity contribution in [2.45, 2.75) is 63.2 Å². The van der Waals surface area contributed by atoms with Crippen LogP contribution in [0.5, 0.6) is 0 Å². The molecule has 6 heteroatoms. The topological polar surface area (TPSA) is 75.6 Å². The number of aliphatic hydroxyl groups is 1. The van der Waals surface area contributed by atoms with Crippen LogP contribution in [0.25, 0.3) is 0 Å². The highest BCUT2D eigenvalue weighted by Crippen LogP contribution is 2.20. The lowest BCUT2D eigenvalue weighted by Gasteiger charge is -2.26. The summed E-state index contributed by atoms with van der Waals surface area (Å²) < 4.78 is 28.7. The Morgan fingerprint density at radius 2 is 1.90 bits per heavy atom. The second-order valence-electron chi connectivity index (χ2n) is 6.11. The molecule has 20 heavy (non-hydrogen) atoms. The van der Waals surface area contributed by atoms with Crippen LogP contribution in [0.1, 0.15) is 44.9 Å². The third-order valence-electron chi connectivity index (χ3n) is 4.18. The average molecular weight is 305 g/mol. The zero-order chi connectivity index (χ0) is 14.4. The van der Waals surface area contributed by atoms with Crippen molar-refractivity contribution in [3.63, 3.8) is 0 Å². The molecule has 0 spiro atoms. The van der Waals surface area contributed by atoms with E-state index in [4.69, 9.17) is 4.74 Å². The van der Waals surface area contributed by atoms with Crippen LogP contribution >= 0.6 is 0 Å². The van der Waals surface area contributed by atoms with Crippen molar-refractivity contribution in [2.75, 3.05) is 24.7 Å². The molecule has 2 N–H and O–H groups in total. The molecule has 1 saturated heterocycles. The maximum atomic E-state index is 11.5. The molecule has 2 aliphatic rings. The Hall–Kier alpha value is -0.170. The quantitative estimate of drug-likeness (QED) is 0.761. The van der Waals surface area contributed by atoms with E-state index in [1.54, 1.807) is 0 Å². The molecule has 118 valence electrons. The molecule has 0 aromatic heterocycles. The lowest BCUT2D eigenvalue weighted by Crippen LogP contribution is -2.44. The monoisotopic (exact) mass is 305 g/mol. The van der Waals surface area contributed by atoms with Crippen molar-refractivity contribution in [2.24, 2.45) is 0 Å². The summed E-state index contributed by atoms with van der Waals surface area (Å²) in [4.78, 5) is 0. The summed E-state index contributed by atoms with van der Waals surface area (Å²) in [7, 11) is -2.88. The van der Waals surface area contributed by atoms with E-state index >= 15 is 0 Å². The number of ether oxygens (including phenoxy) is 1. The van der Waals surface area contributed by atoms with Gasteiger partial charge in [0.2, 0.25) is 0 Å². The lowest BCUT2D eigenvalue weighted by atomic mass is 9.98. The van der Waals surface area contributed by atoms with Gasteiger partial charge in [0.05, 0.1) is 30.3 Å². The minimum atomic E-state index is -2.88. The van der Waals surface area contributed by atoms with E-state index in [0.29, 0.717) is 31.4 Å². The fourth-order valence-electron chi connectivity index (χ4n) is 3.02. The van der Waals surface area contributed by atoms with Crippen molar-refractivity contribution in [1.82, 2.24) is 5.32 Å². The Morgan fingerprint density at radius 3 is 2.60 bits per heavy atom. The summed E-state index contributed by atoms with van der Waals surface area (Å²) >= 11 is 0. The van der Waals surface area contributed by atoms with E-state index in [2.05, 4.69) is 5.32 Å². The third-order valence-corrected chi connectivity index (χ3v) is 6.00. The van der Waals surface area contributed by atoms with Crippen molar-refractivity contribution < 1.29 is 18.3 Å². The average Bonchev–Trinajstić information content (AvgIpc) is 2.43. The van der Waals surface area contributed by atoms with Gasteiger partial charge in [0, 0.05) is 12.6 Å². The molecule has 2 atom stereocenters. The van der Waals surface area contributed by atoms with E-state index in [0.717, 1.165) is 19.3 Å². The zero-order valence-corrected chi connectivity index (χ0v) is 12.9. The second kappa shape index (κ2) is 7.73. The summed E-state index contributed by atoms with van der Waals surface area (Å²) in [5, 5.41) is 13.1. The van der Waals surface area contributed by atoms with Crippen LogP contribution in [0.3, 0.4) is 0 Å². The largest absolute Gasteiger partial charge is 0.389 e. The van der Waals surface area contributed by atoms with Gasteiger partial charge in [-0.25, -0.2) is 8.42 Å². The molecule has 0 aromatic rings. The summed E-state index contributed by atoms with van der Waals surface area (Å²) in [5.74, 6) is 0.502. The van der Waals surface area contributed by atoms with E-state index < -0.39 is 15.9 Å². The SMILES string of the molecule is O=S1(=O)CCCC(NCC(O)COC2CCCCC2)C1. The number of hydrogen-bond acceptors (Lipinski definition) is 5. The molecule has 1 aliphatic carbocycles. The molecule has 0 radical (unpaired) electrons. The lowest BCUT2D eigenvalue weighted by molar-refractivity contribution is -0.0235. The standard InChI is InChI=1S/C14H27NO4S/c16-13(10-19-14-6-2-1-3-7-14)9-15-12-5-4-8-20(17,18)11-12/h12-16H,1-11H2. The van der Waals surface area contributed by atoms with Gasteiger partial charge in [0.25, 0.3) is 0 Å². The first-order chi connectivity index (χ1) is 9.55. The van der Waals surface area contributed by atoms with E-state index in [1.807, 2.05) is 0 Å². The van der Waals surface area contributed by atoms with Gasteiger partial charge in [-0.1, -0.05) is 19.3 Å². The van der Waals surface area contributed by atoms with Crippen LogP contribution in [0, 0.1) is 0 Å². The van der Waals surface area contributed by atoms with E-state index in [9.17, 15) is 13.5 Å². The van der Waals surface area contributed by atoms with Gasteiger partial charge in [-0.15, -0.1) is 0 Å². The molecule has 5 nitrogen and oxygen atoms in total. The van der Waals surface area contributed by atoms with Crippen molar-refractivity contribution in [3.8, 4) is 0 Å². The molecular formula is C14H27NO4S. The molecule has 2 fully saturated rings. The summed E-state index contributed by atoms with van der Waals surface area (Å²) in [6.45, 7) is 0.754. The summed E-state index contributed by atoms with van der Waals surface area (Å²) in [5.41, 5.74) is 0. The predicted octanol–water partition coefficient (Wildman–Crippen LogP) is 0.863. The maximum Gasteiger partial charge on any atom is 0.151 e. The third kappa shape index (κ3) is 5.68. The van der Waals surface area contributed by atoms with Crippen molar-refractivity contribution >= 4 is 9.84 Å². The first-order valence-corrected chi connectivity index (χ1v) is 9.61. The van der Waals surface area contributed by atoms with Gasteiger partial charge >= 0.3 is 0 Å². The number of aliphatic hydroxyl groups excluding tert-OH is 1. The van der Waals surface area contributed by atoms with Gasteiger partial charge in [-0.05, 0) is 25.7 Å². The van der Waals surface area contributed by atoms with Gasteiger partial charge in [-0.2, -0.15) is 0 Å². The van der Waals surface area contributed by atoms with Gasteiger partial charge in [-0.3, -0.25) is 0 Å². The number of nitrogens with one attached hydrogen (secondary N) is 1.